The molecule has 0 aliphatic carbocycles. The van der Waals surface area contributed by atoms with Gasteiger partial charge in [-0.1, -0.05) is 193 Å². The Morgan fingerprint density at radius 3 is 1.15 bits per heavy atom. The van der Waals surface area contributed by atoms with Gasteiger partial charge in [0.1, 0.15) is 128 Å². The number of hydrogen-bond acceptors (Lipinski definition) is 39. The van der Waals surface area contributed by atoms with E-state index >= 15 is 0 Å². The molecule has 6 rings (SSSR count). The fraction of sp³-hybridized carbons (Fsp3) is 0.890. The number of carboxylic acids is 3. The summed E-state index contributed by atoms with van der Waals surface area (Å²) in [4.78, 5) is 107. The summed E-state index contributed by atoms with van der Waals surface area (Å²) >= 11 is 0. The first-order valence-corrected chi connectivity index (χ1v) is 48.8. The van der Waals surface area contributed by atoms with Crippen LogP contribution in [-0.2, 0) is 95.2 Å². The lowest BCUT2D eigenvalue weighted by molar-refractivity contribution is -0.402. The molecule has 0 spiro atoms. The van der Waals surface area contributed by atoms with Crippen molar-refractivity contribution in [1.29, 1.82) is 0 Å². The minimum absolute atomic E-state index is 0.0805. The number of nitrogens with one attached hydrogen (secondary N) is 5. The Morgan fingerprint density at radius 1 is 0.391 bits per heavy atom. The lowest BCUT2D eigenvalue weighted by atomic mass is 9.86. The predicted molar refractivity (Wildman–Crippen MR) is 478 cm³/mol. The van der Waals surface area contributed by atoms with Crippen molar-refractivity contribution in [1.82, 2.24) is 26.6 Å². The fourth-order valence-corrected chi connectivity index (χ4v) is 18.4. The van der Waals surface area contributed by atoms with Crippen LogP contribution in [0.1, 0.15) is 253 Å². The van der Waals surface area contributed by atoms with E-state index < -0.39 is 326 Å². The Balaban J connectivity index is 1.31. The van der Waals surface area contributed by atoms with Crippen LogP contribution in [0.5, 0.6) is 0 Å². The van der Waals surface area contributed by atoms with Gasteiger partial charge in [-0.25, -0.2) is 14.4 Å². The Morgan fingerprint density at radius 2 is 0.754 bits per heavy atom. The Labute approximate surface area is 803 Å². The summed E-state index contributed by atoms with van der Waals surface area (Å²) in [5, 5.41) is 263. The maximum atomic E-state index is 14.4. The van der Waals surface area contributed by atoms with Crippen molar-refractivity contribution in [2.45, 2.75) is 466 Å². The zero-order valence-corrected chi connectivity index (χ0v) is 79.9. The predicted octanol–water partition coefficient (Wildman–Crippen LogP) is -3.74. The topological polar surface area (TPSA) is 753 Å². The summed E-state index contributed by atoms with van der Waals surface area (Å²) in [7, 11) is 0. The first-order valence-electron chi connectivity index (χ1n) is 48.8. The normalized spacial score (nSPS) is 33.7. The molecule has 27 N–H and O–H groups in total. The number of aliphatic carboxylic acids is 3. The van der Waals surface area contributed by atoms with E-state index in [-0.39, 0.29) is 6.42 Å². The maximum absolute atomic E-state index is 14.4. The van der Waals surface area contributed by atoms with Crippen LogP contribution in [0, 0.1) is 0 Å². The third-order valence-corrected chi connectivity index (χ3v) is 26.0. The number of aliphatic hydroxyl groups excluding tert-OH is 19. The molecule has 800 valence electrons. The van der Waals surface area contributed by atoms with E-state index in [4.69, 9.17) is 56.8 Å². The molecule has 6 heterocycles. The number of carboxylic acid groups (broad SMARTS) is 3. The summed E-state index contributed by atoms with van der Waals surface area (Å²) in [6, 6.07) is -9.22. The number of carbonyl (C=O) groups excluding carboxylic acids is 5. The highest BCUT2D eigenvalue weighted by Crippen LogP contribution is 2.44. The molecule has 138 heavy (non-hydrogen) atoms. The molecule has 6 saturated heterocycles. The molecule has 0 aromatic heterocycles. The molecule has 6 aliphatic heterocycles. The molecule has 0 radical (unpaired) electrons. The van der Waals surface area contributed by atoms with Crippen molar-refractivity contribution >= 4 is 47.4 Å². The van der Waals surface area contributed by atoms with Crippen LogP contribution in [0.15, 0.2) is 12.2 Å². The second-order valence-electron chi connectivity index (χ2n) is 37.1. The van der Waals surface area contributed by atoms with Gasteiger partial charge in [0.15, 0.2) is 18.9 Å². The van der Waals surface area contributed by atoms with Crippen molar-refractivity contribution in [3.05, 3.63) is 12.2 Å². The summed E-state index contributed by atoms with van der Waals surface area (Å²) < 4.78 is 71.8. The molecule has 0 saturated carbocycles. The molecular formula is C91H159N5O42. The van der Waals surface area contributed by atoms with E-state index in [1.54, 1.807) is 6.08 Å². The monoisotopic (exact) mass is 1990 g/mol. The Bertz CT molecular complexity index is 3610. The van der Waals surface area contributed by atoms with Gasteiger partial charge in [0.2, 0.25) is 29.5 Å². The zero-order valence-electron chi connectivity index (χ0n) is 79.9. The Kier molecular flexibility index (Phi) is 53.4. The van der Waals surface area contributed by atoms with E-state index in [0.717, 1.165) is 91.9 Å². The van der Waals surface area contributed by atoms with Gasteiger partial charge >= 0.3 is 17.9 Å². The van der Waals surface area contributed by atoms with E-state index in [1.807, 2.05) is 0 Å². The van der Waals surface area contributed by atoms with E-state index in [9.17, 15) is 151 Å². The maximum Gasteiger partial charge on any atom is 0.364 e. The quantitative estimate of drug-likeness (QED) is 0.0206. The number of amides is 5. The van der Waals surface area contributed by atoms with Crippen molar-refractivity contribution in [3.63, 3.8) is 0 Å². The van der Waals surface area contributed by atoms with Crippen LogP contribution in [0.2, 0.25) is 0 Å². The SMILES string of the molecule is CCCCCCCCCCCCC/C=C/[C@@H](O)[C@H](CO[C@@H]1OC(CO)[C@@H](O[C@@H]2OC(CO)[C@H](O[C@@H]3OC(CO)[C@H](O)[C@H](O)C3NC(C)=O)[C@H](O[C@]3(C(=O)O)CC(O)[C@@H](NC(C)=O)C([C@H](O)[C@@H](CO)O[C@]4(C(=O)O)CC(O)[C@@H](NC(C)=O)C([C@H](O)[C@@H](CO)O[C@]5(C(=O)O)CC(O)[C@@H](NC(C)=O)C([C@H](O)[C@H](O)CO)O5)O4)O3)C2O)[C@H](O)C1O)NC(=O)CCCCCCCCCCCCCCCCCCC. The second-order valence-corrected chi connectivity index (χ2v) is 37.1. The van der Waals surface area contributed by atoms with Gasteiger partial charge < -0.3 is 196 Å². The van der Waals surface area contributed by atoms with Gasteiger partial charge in [0.25, 0.3) is 17.4 Å². The highest BCUT2D eigenvalue weighted by atomic mass is 16.8. The van der Waals surface area contributed by atoms with Crippen molar-refractivity contribution in [3.8, 4) is 0 Å². The molecule has 0 aromatic carbocycles. The number of hydrogen-bond donors (Lipinski definition) is 27. The number of rotatable bonds is 65. The lowest BCUT2D eigenvalue weighted by Crippen LogP contribution is -2.72. The molecule has 47 nitrogen and oxygen atoms in total. The minimum atomic E-state index is -3.72. The second kappa shape index (κ2) is 60.9. The van der Waals surface area contributed by atoms with Crippen LogP contribution < -0.4 is 26.6 Å². The number of carbonyl (C=O) groups is 8. The average Bonchev–Trinajstić information content (AvgIpc) is 0.741. The highest BCUT2D eigenvalue weighted by molar-refractivity contribution is 5.79. The number of ether oxygens (including phenoxy) is 12. The average molecular weight is 2000 g/mol. The molecule has 5 amide bonds. The van der Waals surface area contributed by atoms with Crippen molar-refractivity contribution in [2.75, 3.05) is 46.2 Å². The molecule has 35 atom stereocenters. The first-order chi connectivity index (χ1) is 65.6. The van der Waals surface area contributed by atoms with Crippen LogP contribution in [-0.4, -0.2) is 419 Å². The van der Waals surface area contributed by atoms with Crippen molar-refractivity contribution < 1.29 is 208 Å². The fourth-order valence-electron chi connectivity index (χ4n) is 18.4. The Hall–Kier alpha value is -5.74. The van der Waals surface area contributed by atoms with E-state index in [2.05, 4.69) is 40.4 Å². The standard InChI is InChI=1S/C91H159N5O42/c1-7-9-11-13-15-17-19-21-22-23-24-26-28-30-32-34-36-38-64(112)96-53(54(107)37-35-33-31-29-27-25-20-18-16-14-12-10-8-2)48-127-84-75(119)74(118)77(62(46-101)129-84)131-85-76(120)82(78(63(47-102)130-85)132-83-68(95-52(6)106)73(117)70(114)59(43-98)128-83)138-91(88(125)126)41-57(110)67(94-51(5)105)81(137-91)72(116)61(45-100)134-90(87(123)124)40-56(109)66(93-50(4)104)80(136-90)71(115)60(44-99)133-89(86(121)122)39-55(108)65(92-49(3)103)79(135-89)69(113)58(111)42-97/h35,37,53-63,65-85,97-102,107-111,113-120H,7-34,36,38-48H2,1-6H3,(H,92,103)(H,93,104)(H,94,105)(H,95,106)(H,96,112)(H,121,122)(H,123,124)(H,125,126)/b37-35+/t53-,54+,55?,56?,57?,58+,59?,60+,61+,62?,63?,65+,66+,67+,68?,69+,70-,71+,72+,73+,74+,75?,76?,77+,78-,79?,80?,81?,82+,83-,84+,85-,89+,90+,91-/m0/s1. The number of allylic oxidation sites excluding steroid dienone is 1. The summed E-state index contributed by atoms with van der Waals surface area (Å²) in [6.45, 7) is -0.776. The molecule has 6 aliphatic rings. The summed E-state index contributed by atoms with van der Waals surface area (Å²) in [5.74, 6) is -22.2. The van der Waals surface area contributed by atoms with Crippen LogP contribution in [0.3, 0.4) is 0 Å². The summed E-state index contributed by atoms with van der Waals surface area (Å²) in [5.41, 5.74) is 0. The minimum Gasteiger partial charge on any atom is -0.477 e. The van der Waals surface area contributed by atoms with Crippen molar-refractivity contribution in [2.24, 2.45) is 0 Å². The molecule has 6 fully saturated rings. The van der Waals surface area contributed by atoms with Gasteiger partial charge in [-0.05, 0) is 19.3 Å². The molecule has 0 aromatic rings. The molecule has 47 heteroatoms. The number of unbranched alkanes of at least 4 members (excludes halogenated alkanes) is 27. The summed E-state index contributed by atoms with van der Waals surface area (Å²) in [6.07, 6.45) is -31.3. The van der Waals surface area contributed by atoms with Gasteiger partial charge in [0, 0.05) is 53.4 Å². The third-order valence-electron chi connectivity index (χ3n) is 26.0. The third kappa shape index (κ3) is 35.3. The van der Waals surface area contributed by atoms with Gasteiger partial charge in [-0.2, -0.15) is 0 Å². The van der Waals surface area contributed by atoms with E-state index in [1.165, 1.54) is 115 Å². The zero-order chi connectivity index (χ0) is 102. The highest BCUT2D eigenvalue weighted by Gasteiger charge is 2.65. The lowest BCUT2D eigenvalue weighted by Gasteiger charge is -2.52. The van der Waals surface area contributed by atoms with Crippen LogP contribution in [0.25, 0.3) is 0 Å². The van der Waals surface area contributed by atoms with Crippen LogP contribution >= 0.6 is 0 Å². The van der Waals surface area contributed by atoms with Gasteiger partial charge in [-0.3, -0.25) is 24.0 Å². The smallest absolute Gasteiger partial charge is 0.364 e. The van der Waals surface area contributed by atoms with Gasteiger partial charge in [0.05, 0.1) is 94.8 Å². The first kappa shape index (κ1) is 121. The van der Waals surface area contributed by atoms with Gasteiger partial charge in [-0.15, -0.1) is 0 Å². The number of aliphatic hydroxyl groups is 19. The molecule has 0 bridgehead atoms. The van der Waals surface area contributed by atoms with E-state index in [0.29, 0.717) is 12.8 Å². The molecule has 12 unspecified atom stereocenters. The molecular weight excluding hydrogens is 1830 g/mol. The van der Waals surface area contributed by atoms with Crippen LogP contribution in [0.4, 0.5) is 0 Å². The largest absolute Gasteiger partial charge is 0.477 e.